The summed E-state index contributed by atoms with van der Waals surface area (Å²) in [4.78, 5) is 23.8. The highest BCUT2D eigenvalue weighted by Crippen LogP contribution is 2.15. The molecule has 0 aliphatic rings. The van der Waals surface area contributed by atoms with Crippen LogP contribution in [-0.4, -0.2) is 38.6 Å². The summed E-state index contributed by atoms with van der Waals surface area (Å²) in [5.74, 6) is -0.254. The van der Waals surface area contributed by atoms with E-state index in [4.69, 9.17) is 4.74 Å². The first-order valence-electron chi connectivity index (χ1n) is 8.06. The molecule has 132 valence electrons. The summed E-state index contributed by atoms with van der Waals surface area (Å²) < 4.78 is 4.87. The van der Waals surface area contributed by atoms with Gasteiger partial charge in [-0.15, -0.1) is 0 Å². The first kappa shape index (κ1) is 18.5. The Bertz CT molecular complexity index is 714. The lowest BCUT2D eigenvalue weighted by atomic mass is 10.1. The normalized spacial score (nSPS) is 10.2. The van der Waals surface area contributed by atoms with Gasteiger partial charge in [-0.25, -0.2) is 0 Å². The van der Waals surface area contributed by atoms with Crippen molar-refractivity contribution in [3.8, 4) is 0 Å². The molecule has 0 aromatic heterocycles. The number of anilines is 2. The number of benzene rings is 2. The second kappa shape index (κ2) is 9.44. The Kier molecular flexibility index (Phi) is 6.98. The van der Waals surface area contributed by atoms with Crippen molar-refractivity contribution in [3.05, 3.63) is 59.7 Å². The van der Waals surface area contributed by atoms with Gasteiger partial charge in [0, 0.05) is 30.6 Å². The first-order valence-corrected chi connectivity index (χ1v) is 8.06. The quantitative estimate of drug-likeness (QED) is 0.644. The van der Waals surface area contributed by atoms with Crippen LogP contribution < -0.4 is 16.0 Å². The molecule has 0 fully saturated rings. The second-order valence-electron chi connectivity index (χ2n) is 5.60. The number of nitrogens with one attached hydrogen (secondary N) is 3. The van der Waals surface area contributed by atoms with E-state index in [9.17, 15) is 9.59 Å². The van der Waals surface area contributed by atoms with Crippen LogP contribution in [0.2, 0.25) is 0 Å². The van der Waals surface area contributed by atoms with Gasteiger partial charge in [-0.2, -0.15) is 0 Å². The smallest absolute Gasteiger partial charge is 0.255 e. The van der Waals surface area contributed by atoms with E-state index in [1.807, 2.05) is 37.3 Å². The van der Waals surface area contributed by atoms with Crippen molar-refractivity contribution >= 4 is 23.2 Å². The third-order valence-corrected chi connectivity index (χ3v) is 3.50. The molecule has 0 atom stereocenters. The molecule has 6 heteroatoms. The van der Waals surface area contributed by atoms with E-state index in [-0.39, 0.29) is 18.4 Å². The van der Waals surface area contributed by atoms with Gasteiger partial charge in [0.1, 0.15) is 0 Å². The molecule has 0 unspecified atom stereocenters. The standard InChI is InChI=1S/C19H23N3O3/c1-14-4-3-5-15(12-14)19(24)22-17-8-6-16(7-9-17)21-13-18(23)20-10-11-25-2/h3-9,12,21H,10-11,13H2,1-2H3,(H,20,23)(H,22,24). The van der Waals surface area contributed by atoms with Crippen molar-refractivity contribution in [2.24, 2.45) is 0 Å². The molecule has 0 aliphatic carbocycles. The maximum absolute atomic E-state index is 12.2. The fraction of sp³-hybridized carbons (Fsp3) is 0.263. The Labute approximate surface area is 147 Å². The second-order valence-corrected chi connectivity index (χ2v) is 5.60. The number of amides is 2. The Morgan fingerprint density at radius 3 is 2.44 bits per heavy atom. The number of hydrogen-bond donors (Lipinski definition) is 3. The number of hydrogen-bond acceptors (Lipinski definition) is 4. The van der Waals surface area contributed by atoms with Gasteiger partial charge in [-0.1, -0.05) is 17.7 Å². The fourth-order valence-electron chi connectivity index (χ4n) is 2.20. The van der Waals surface area contributed by atoms with E-state index >= 15 is 0 Å². The maximum atomic E-state index is 12.2. The predicted molar refractivity (Wildman–Crippen MR) is 98.9 cm³/mol. The molecule has 0 saturated carbocycles. The van der Waals surface area contributed by atoms with Gasteiger partial charge in [0.15, 0.2) is 0 Å². The average Bonchev–Trinajstić information content (AvgIpc) is 2.61. The van der Waals surface area contributed by atoms with Crippen LogP contribution >= 0.6 is 0 Å². The minimum Gasteiger partial charge on any atom is -0.383 e. The molecule has 0 aliphatic heterocycles. The van der Waals surface area contributed by atoms with Crippen LogP contribution in [0.5, 0.6) is 0 Å². The topological polar surface area (TPSA) is 79.5 Å². The van der Waals surface area contributed by atoms with Gasteiger partial charge >= 0.3 is 0 Å². The zero-order chi connectivity index (χ0) is 18.1. The molecule has 2 rings (SSSR count). The molecule has 6 nitrogen and oxygen atoms in total. The fourth-order valence-corrected chi connectivity index (χ4v) is 2.20. The monoisotopic (exact) mass is 341 g/mol. The zero-order valence-electron chi connectivity index (χ0n) is 14.5. The van der Waals surface area contributed by atoms with Crippen LogP contribution in [-0.2, 0) is 9.53 Å². The van der Waals surface area contributed by atoms with Crippen molar-refractivity contribution in [3.63, 3.8) is 0 Å². The van der Waals surface area contributed by atoms with E-state index in [2.05, 4.69) is 16.0 Å². The van der Waals surface area contributed by atoms with Crippen LogP contribution in [0.1, 0.15) is 15.9 Å². The minimum absolute atomic E-state index is 0.103. The number of rotatable bonds is 8. The number of carbonyl (C=O) groups is 2. The third-order valence-electron chi connectivity index (χ3n) is 3.50. The SMILES string of the molecule is COCCNC(=O)CNc1ccc(NC(=O)c2cccc(C)c2)cc1. The van der Waals surface area contributed by atoms with Crippen molar-refractivity contribution in [2.45, 2.75) is 6.92 Å². The van der Waals surface area contributed by atoms with E-state index in [1.165, 1.54) is 0 Å². The Morgan fingerprint density at radius 2 is 1.76 bits per heavy atom. The predicted octanol–water partition coefficient (Wildman–Crippen LogP) is 2.42. The highest BCUT2D eigenvalue weighted by atomic mass is 16.5. The lowest BCUT2D eigenvalue weighted by molar-refractivity contribution is -0.119. The van der Waals surface area contributed by atoms with Gasteiger partial charge in [0.25, 0.3) is 5.91 Å². The molecule has 25 heavy (non-hydrogen) atoms. The van der Waals surface area contributed by atoms with Crippen LogP contribution in [0.3, 0.4) is 0 Å². The van der Waals surface area contributed by atoms with Crippen LogP contribution in [0.25, 0.3) is 0 Å². The molecule has 3 N–H and O–H groups in total. The van der Waals surface area contributed by atoms with Crippen molar-refractivity contribution in [1.29, 1.82) is 0 Å². The van der Waals surface area contributed by atoms with Crippen LogP contribution in [0.4, 0.5) is 11.4 Å². The van der Waals surface area contributed by atoms with Gasteiger partial charge in [-0.05, 0) is 43.3 Å². The Hall–Kier alpha value is -2.86. The van der Waals surface area contributed by atoms with Gasteiger partial charge < -0.3 is 20.7 Å². The summed E-state index contributed by atoms with van der Waals surface area (Å²) in [6.45, 7) is 3.10. The Balaban J connectivity index is 1.83. The molecular weight excluding hydrogens is 318 g/mol. The number of carbonyl (C=O) groups excluding carboxylic acids is 2. The van der Waals surface area contributed by atoms with Crippen molar-refractivity contribution in [1.82, 2.24) is 5.32 Å². The zero-order valence-corrected chi connectivity index (χ0v) is 14.5. The van der Waals surface area contributed by atoms with E-state index in [0.29, 0.717) is 24.4 Å². The van der Waals surface area contributed by atoms with Crippen molar-refractivity contribution in [2.75, 3.05) is 37.4 Å². The van der Waals surface area contributed by atoms with E-state index in [1.54, 1.807) is 25.3 Å². The Morgan fingerprint density at radius 1 is 1.04 bits per heavy atom. The van der Waals surface area contributed by atoms with E-state index < -0.39 is 0 Å². The molecule has 2 aromatic rings. The van der Waals surface area contributed by atoms with Gasteiger partial charge in [0.05, 0.1) is 13.2 Å². The highest BCUT2D eigenvalue weighted by molar-refractivity contribution is 6.04. The minimum atomic E-state index is -0.151. The summed E-state index contributed by atoms with van der Waals surface area (Å²) in [5.41, 5.74) is 3.16. The van der Waals surface area contributed by atoms with Crippen molar-refractivity contribution < 1.29 is 14.3 Å². The van der Waals surface area contributed by atoms with E-state index in [0.717, 1.165) is 11.3 Å². The molecule has 2 aromatic carbocycles. The number of aryl methyl sites for hydroxylation is 1. The largest absolute Gasteiger partial charge is 0.383 e. The molecule has 2 amide bonds. The first-order chi connectivity index (χ1) is 12.1. The molecule has 0 heterocycles. The molecule has 0 radical (unpaired) electrons. The summed E-state index contributed by atoms with van der Waals surface area (Å²) in [6.07, 6.45) is 0. The molecule has 0 spiro atoms. The summed E-state index contributed by atoms with van der Waals surface area (Å²) in [7, 11) is 1.59. The van der Waals surface area contributed by atoms with Gasteiger partial charge in [0.2, 0.25) is 5.91 Å². The van der Waals surface area contributed by atoms with Crippen LogP contribution in [0, 0.1) is 6.92 Å². The number of methoxy groups -OCH3 is 1. The summed E-state index contributed by atoms with van der Waals surface area (Å²) in [6, 6.07) is 14.6. The third kappa shape index (κ3) is 6.27. The maximum Gasteiger partial charge on any atom is 0.255 e. The average molecular weight is 341 g/mol. The lowest BCUT2D eigenvalue weighted by Gasteiger charge is -2.09. The molecular formula is C19H23N3O3. The highest BCUT2D eigenvalue weighted by Gasteiger charge is 2.06. The molecule has 0 saturated heterocycles. The summed E-state index contributed by atoms with van der Waals surface area (Å²) in [5, 5.41) is 8.61. The molecule has 0 bridgehead atoms. The summed E-state index contributed by atoms with van der Waals surface area (Å²) >= 11 is 0. The lowest BCUT2D eigenvalue weighted by Crippen LogP contribution is -2.32. The van der Waals surface area contributed by atoms with Gasteiger partial charge in [-0.3, -0.25) is 9.59 Å². The number of ether oxygens (including phenoxy) is 1. The van der Waals surface area contributed by atoms with Crippen LogP contribution in [0.15, 0.2) is 48.5 Å².